The molecule has 1 N–H and O–H groups in total. The second-order valence-electron chi connectivity index (χ2n) is 7.78. The quantitative estimate of drug-likeness (QED) is 0.452. The Hall–Kier alpha value is -2.41. The minimum Gasteiger partial charge on any atom is -0.382 e. The fraction of sp³-hybridized carbons (Fsp3) is 0.250. The number of alkyl halides is 3. The van der Waals surface area contributed by atoms with Crippen LogP contribution in [0, 0.1) is 0 Å². The van der Waals surface area contributed by atoms with Crippen molar-refractivity contribution in [3.8, 4) is 0 Å². The maximum absolute atomic E-state index is 13.2. The van der Waals surface area contributed by atoms with Gasteiger partial charge in [-0.2, -0.15) is 13.2 Å². The second-order valence-corrected chi connectivity index (χ2v) is 8.66. The van der Waals surface area contributed by atoms with Crippen LogP contribution in [0.4, 0.5) is 24.5 Å². The Morgan fingerprint density at radius 1 is 0.906 bits per heavy atom. The molecular formula is C24H21Cl2F3N2O. The first-order chi connectivity index (χ1) is 15.2. The first-order valence-electron chi connectivity index (χ1n) is 10.1. The third-order valence-corrected chi connectivity index (χ3v) is 5.97. The van der Waals surface area contributed by atoms with E-state index in [1.54, 1.807) is 23.1 Å². The molecule has 0 saturated carbocycles. The van der Waals surface area contributed by atoms with Crippen LogP contribution >= 0.6 is 23.2 Å². The van der Waals surface area contributed by atoms with Gasteiger partial charge >= 0.3 is 6.18 Å². The van der Waals surface area contributed by atoms with E-state index >= 15 is 0 Å². The number of nitrogens with zero attached hydrogens (tertiary/aromatic N) is 2. The zero-order valence-electron chi connectivity index (χ0n) is 16.9. The van der Waals surface area contributed by atoms with E-state index in [2.05, 4.69) is 4.90 Å². The monoisotopic (exact) mass is 480 g/mol. The molecule has 2 atom stereocenters. The number of anilines is 2. The molecule has 1 aliphatic heterocycles. The van der Waals surface area contributed by atoms with Crippen molar-refractivity contribution in [1.82, 2.24) is 0 Å². The van der Waals surface area contributed by atoms with Crippen LogP contribution in [0.1, 0.15) is 17.2 Å². The molecule has 168 valence electrons. The molecular weight excluding hydrogens is 460 g/mol. The number of hydrogen-bond acceptors (Lipinski definition) is 3. The highest BCUT2D eigenvalue weighted by molar-refractivity contribution is 6.34. The molecule has 0 amide bonds. The number of para-hydroxylation sites is 2. The van der Waals surface area contributed by atoms with Crippen molar-refractivity contribution in [1.29, 1.82) is 0 Å². The van der Waals surface area contributed by atoms with Crippen molar-refractivity contribution < 1.29 is 18.3 Å². The number of aliphatic hydroxyl groups is 1. The van der Waals surface area contributed by atoms with E-state index in [0.717, 1.165) is 16.8 Å². The van der Waals surface area contributed by atoms with Crippen LogP contribution in [0.2, 0.25) is 10.0 Å². The van der Waals surface area contributed by atoms with E-state index in [1.165, 1.54) is 0 Å². The number of hydrogen-bond donors (Lipinski definition) is 1. The standard InChI is InChI=1S/C24H21Cl2F3N2O/c25-18-10-16(11-19(26)12-18)13-30-14-22(17-6-2-1-3-7-17)31(15-23(32)24(27,28)29)21-9-5-4-8-20(21)30/h1-12,22-23,32H,13-15H2. The Bertz CT molecular complexity index is 1060. The summed E-state index contributed by atoms with van der Waals surface area (Å²) in [4.78, 5) is 3.75. The largest absolute Gasteiger partial charge is 0.416 e. The average molecular weight is 481 g/mol. The number of fused-ring (bicyclic) bond motifs is 1. The average Bonchev–Trinajstić information content (AvgIpc) is 2.74. The minimum atomic E-state index is -4.70. The molecule has 1 aliphatic rings. The van der Waals surface area contributed by atoms with Crippen molar-refractivity contribution in [3.63, 3.8) is 0 Å². The summed E-state index contributed by atoms with van der Waals surface area (Å²) in [5, 5.41) is 10.9. The van der Waals surface area contributed by atoms with E-state index in [4.69, 9.17) is 23.2 Å². The molecule has 1 heterocycles. The van der Waals surface area contributed by atoms with Crippen molar-refractivity contribution in [2.45, 2.75) is 24.9 Å². The summed E-state index contributed by atoms with van der Waals surface area (Å²) < 4.78 is 39.7. The normalized spacial score (nSPS) is 17.2. The Morgan fingerprint density at radius 3 is 2.12 bits per heavy atom. The Balaban J connectivity index is 1.76. The van der Waals surface area contributed by atoms with Gasteiger partial charge < -0.3 is 14.9 Å². The van der Waals surface area contributed by atoms with E-state index in [-0.39, 0.29) is 0 Å². The SMILES string of the molecule is OC(CN1c2ccccc2N(Cc2cc(Cl)cc(Cl)c2)CC1c1ccccc1)C(F)(F)F. The molecule has 8 heteroatoms. The van der Waals surface area contributed by atoms with Gasteiger partial charge in [-0.1, -0.05) is 65.7 Å². The lowest BCUT2D eigenvalue weighted by atomic mass is 9.98. The highest BCUT2D eigenvalue weighted by atomic mass is 35.5. The van der Waals surface area contributed by atoms with E-state index in [1.807, 2.05) is 54.6 Å². The van der Waals surface area contributed by atoms with Gasteiger partial charge in [0.1, 0.15) is 0 Å². The molecule has 3 aromatic rings. The lowest BCUT2D eigenvalue weighted by Gasteiger charge is -2.45. The van der Waals surface area contributed by atoms with Gasteiger partial charge in [0.05, 0.1) is 24.0 Å². The molecule has 0 spiro atoms. The maximum atomic E-state index is 13.2. The summed E-state index contributed by atoms with van der Waals surface area (Å²) >= 11 is 12.3. The van der Waals surface area contributed by atoms with Gasteiger partial charge in [0, 0.05) is 23.1 Å². The Kier molecular flexibility index (Phi) is 6.56. The predicted molar refractivity (Wildman–Crippen MR) is 123 cm³/mol. The predicted octanol–water partition coefficient (Wildman–Crippen LogP) is 6.48. The highest BCUT2D eigenvalue weighted by Gasteiger charge is 2.42. The molecule has 2 unspecified atom stereocenters. The lowest BCUT2D eigenvalue weighted by Crippen LogP contribution is -2.49. The van der Waals surface area contributed by atoms with Gasteiger partial charge in [-0.15, -0.1) is 0 Å². The van der Waals surface area contributed by atoms with Gasteiger partial charge in [-0.3, -0.25) is 0 Å². The van der Waals surface area contributed by atoms with Crippen LogP contribution in [-0.2, 0) is 6.54 Å². The number of benzene rings is 3. The molecule has 0 radical (unpaired) electrons. The Morgan fingerprint density at radius 2 is 1.50 bits per heavy atom. The maximum Gasteiger partial charge on any atom is 0.416 e. The third-order valence-electron chi connectivity index (χ3n) is 5.53. The van der Waals surface area contributed by atoms with Crippen LogP contribution in [0.15, 0.2) is 72.8 Å². The van der Waals surface area contributed by atoms with Crippen molar-refractivity contribution in [2.24, 2.45) is 0 Å². The number of rotatable bonds is 5. The molecule has 4 rings (SSSR count). The molecule has 3 aromatic carbocycles. The summed E-state index contributed by atoms with van der Waals surface area (Å²) in [6.07, 6.45) is -7.16. The zero-order valence-corrected chi connectivity index (χ0v) is 18.4. The summed E-state index contributed by atoms with van der Waals surface area (Å²) in [6, 6.07) is 21.6. The summed E-state index contributed by atoms with van der Waals surface area (Å²) in [7, 11) is 0. The smallest absolute Gasteiger partial charge is 0.382 e. The number of aliphatic hydroxyl groups excluding tert-OH is 1. The summed E-state index contributed by atoms with van der Waals surface area (Å²) in [6.45, 7) is 0.350. The summed E-state index contributed by atoms with van der Waals surface area (Å²) in [5.74, 6) is 0. The van der Waals surface area contributed by atoms with E-state index in [9.17, 15) is 18.3 Å². The molecule has 0 aromatic heterocycles. The third kappa shape index (κ3) is 4.98. The topological polar surface area (TPSA) is 26.7 Å². The molecule has 0 fully saturated rings. The highest BCUT2D eigenvalue weighted by Crippen LogP contribution is 2.42. The molecule has 0 bridgehead atoms. The minimum absolute atomic E-state index is 0.391. The fourth-order valence-electron chi connectivity index (χ4n) is 4.10. The van der Waals surface area contributed by atoms with Gasteiger partial charge in [0.2, 0.25) is 0 Å². The molecule has 3 nitrogen and oxygen atoms in total. The molecule has 32 heavy (non-hydrogen) atoms. The number of β-amino-alcohol motifs (C(OH)–C–C–N with tert-alkyl or cyclic N) is 1. The van der Waals surface area contributed by atoms with Gasteiger partial charge in [0.25, 0.3) is 0 Å². The summed E-state index contributed by atoms with van der Waals surface area (Å²) in [5.41, 5.74) is 3.17. The first kappa shape index (κ1) is 22.8. The first-order valence-corrected chi connectivity index (χ1v) is 10.8. The van der Waals surface area contributed by atoms with Gasteiger partial charge in [-0.25, -0.2) is 0 Å². The zero-order chi connectivity index (χ0) is 22.9. The van der Waals surface area contributed by atoms with Crippen molar-refractivity contribution in [3.05, 3.63) is 94.0 Å². The molecule has 0 aliphatic carbocycles. The molecule has 0 saturated heterocycles. The van der Waals surface area contributed by atoms with Crippen LogP contribution in [-0.4, -0.2) is 30.5 Å². The van der Waals surface area contributed by atoms with Crippen LogP contribution in [0.3, 0.4) is 0 Å². The second kappa shape index (κ2) is 9.22. The van der Waals surface area contributed by atoms with E-state index < -0.39 is 24.9 Å². The van der Waals surface area contributed by atoms with Crippen molar-refractivity contribution in [2.75, 3.05) is 22.9 Å². The van der Waals surface area contributed by atoms with E-state index in [0.29, 0.717) is 28.8 Å². The fourth-order valence-corrected chi connectivity index (χ4v) is 4.67. The van der Waals surface area contributed by atoms with Crippen molar-refractivity contribution >= 4 is 34.6 Å². The lowest BCUT2D eigenvalue weighted by molar-refractivity contribution is -0.200. The number of halogens is 5. The Labute approximate surface area is 194 Å². The van der Waals surface area contributed by atoms with Crippen LogP contribution in [0.25, 0.3) is 0 Å². The van der Waals surface area contributed by atoms with Gasteiger partial charge in [0.15, 0.2) is 6.10 Å². The van der Waals surface area contributed by atoms with Gasteiger partial charge in [-0.05, 0) is 41.5 Å². The van der Waals surface area contributed by atoms with Crippen LogP contribution < -0.4 is 9.80 Å². The van der Waals surface area contributed by atoms with Crippen LogP contribution in [0.5, 0.6) is 0 Å².